The topological polar surface area (TPSA) is 53.6 Å². The fourth-order valence-electron chi connectivity index (χ4n) is 3.74. The number of halogens is 4. The Morgan fingerprint density at radius 2 is 2.14 bits per heavy atom. The molecule has 0 radical (unpaired) electrons. The van der Waals surface area contributed by atoms with E-state index < -0.39 is 17.7 Å². The summed E-state index contributed by atoms with van der Waals surface area (Å²) in [6.07, 6.45) is -3.46. The average molecular weight is 420 g/mol. The quantitative estimate of drug-likeness (QED) is 0.614. The summed E-state index contributed by atoms with van der Waals surface area (Å²) in [5.41, 5.74) is -0.160. The molecular formula is C20H16F4N4S. The molecule has 1 N–H and O–H groups in total. The molecule has 1 aliphatic heterocycles. The second kappa shape index (κ2) is 7.28. The fraction of sp³-hybridized carbons (Fsp3) is 0.300. The van der Waals surface area contributed by atoms with Crippen LogP contribution in [0.15, 0.2) is 30.5 Å². The third kappa shape index (κ3) is 3.43. The number of thiophene rings is 1. The number of alkyl halides is 3. The van der Waals surface area contributed by atoms with Crippen molar-refractivity contribution in [2.45, 2.75) is 32.1 Å². The van der Waals surface area contributed by atoms with Gasteiger partial charge in [-0.3, -0.25) is 4.68 Å². The second-order valence-electron chi connectivity index (χ2n) is 6.73. The highest BCUT2D eigenvalue weighted by Crippen LogP contribution is 2.43. The first-order chi connectivity index (χ1) is 13.8. The Kier molecular flexibility index (Phi) is 4.92. The van der Waals surface area contributed by atoms with Crippen molar-refractivity contribution < 1.29 is 17.6 Å². The van der Waals surface area contributed by atoms with Crippen LogP contribution in [0.2, 0.25) is 0 Å². The molecular weight excluding hydrogens is 404 g/mol. The number of benzene rings is 1. The molecule has 4 nitrogen and oxygen atoms in total. The molecule has 0 fully saturated rings. The molecule has 1 aliphatic rings. The van der Waals surface area contributed by atoms with E-state index in [4.69, 9.17) is 0 Å². The van der Waals surface area contributed by atoms with Gasteiger partial charge in [0.05, 0.1) is 0 Å². The van der Waals surface area contributed by atoms with Crippen molar-refractivity contribution in [1.82, 2.24) is 15.1 Å². The van der Waals surface area contributed by atoms with E-state index in [1.54, 1.807) is 19.1 Å². The van der Waals surface area contributed by atoms with E-state index in [1.165, 1.54) is 23.6 Å². The maximum absolute atomic E-state index is 14.9. The Hall–Kier alpha value is -2.70. The van der Waals surface area contributed by atoms with Crippen LogP contribution in [0.3, 0.4) is 0 Å². The van der Waals surface area contributed by atoms with Crippen LogP contribution in [0, 0.1) is 17.1 Å². The minimum absolute atomic E-state index is 0.0936. The van der Waals surface area contributed by atoms with Crippen LogP contribution in [-0.2, 0) is 19.3 Å². The van der Waals surface area contributed by atoms with Gasteiger partial charge in [-0.15, -0.1) is 11.3 Å². The monoisotopic (exact) mass is 420 g/mol. The van der Waals surface area contributed by atoms with Crippen LogP contribution in [0.5, 0.6) is 0 Å². The Labute approximate surface area is 168 Å². The van der Waals surface area contributed by atoms with Gasteiger partial charge in [0.2, 0.25) is 0 Å². The van der Waals surface area contributed by atoms with Gasteiger partial charge >= 0.3 is 6.18 Å². The molecule has 4 rings (SSSR count). The predicted octanol–water partition coefficient (Wildman–Crippen LogP) is 4.90. The Balaban J connectivity index is 1.94. The average Bonchev–Trinajstić information content (AvgIpc) is 3.31. The summed E-state index contributed by atoms with van der Waals surface area (Å²) in [7, 11) is 0. The van der Waals surface area contributed by atoms with Gasteiger partial charge in [0.1, 0.15) is 16.8 Å². The number of aromatic nitrogens is 2. The Morgan fingerprint density at radius 1 is 1.34 bits per heavy atom. The van der Waals surface area contributed by atoms with Gasteiger partial charge < -0.3 is 5.32 Å². The van der Waals surface area contributed by atoms with Crippen molar-refractivity contribution in [3.05, 3.63) is 62.9 Å². The van der Waals surface area contributed by atoms with Crippen LogP contribution in [-0.4, -0.2) is 16.3 Å². The van der Waals surface area contributed by atoms with Gasteiger partial charge in [0.25, 0.3) is 0 Å². The second-order valence-corrected chi connectivity index (χ2v) is 7.87. The molecule has 0 unspecified atom stereocenters. The molecule has 9 heteroatoms. The lowest BCUT2D eigenvalue weighted by Gasteiger charge is -2.26. The zero-order chi connectivity index (χ0) is 20.8. The van der Waals surface area contributed by atoms with Crippen molar-refractivity contribution in [3.63, 3.8) is 0 Å². The molecule has 29 heavy (non-hydrogen) atoms. The molecule has 0 saturated heterocycles. The van der Waals surface area contributed by atoms with E-state index in [0.717, 1.165) is 21.2 Å². The van der Waals surface area contributed by atoms with E-state index in [2.05, 4.69) is 16.5 Å². The van der Waals surface area contributed by atoms with Crippen molar-refractivity contribution in [3.8, 4) is 17.2 Å². The van der Waals surface area contributed by atoms with E-state index in [9.17, 15) is 22.8 Å². The number of hydrogen-bond donors (Lipinski definition) is 1. The van der Waals surface area contributed by atoms with E-state index >= 15 is 0 Å². The molecule has 1 atom stereocenters. The highest BCUT2D eigenvalue weighted by molar-refractivity contribution is 7.12. The fourth-order valence-corrected chi connectivity index (χ4v) is 4.73. The lowest BCUT2D eigenvalue weighted by atomic mass is 9.84. The van der Waals surface area contributed by atoms with Crippen LogP contribution in [0.25, 0.3) is 11.1 Å². The van der Waals surface area contributed by atoms with Crippen molar-refractivity contribution in [2.75, 3.05) is 6.54 Å². The minimum Gasteiger partial charge on any atom is -0.311 e. The number of nitrogens with zero attached hydrogens (tertiary/aromatic N) is 3. The van der Waals surface area contributed by atoms with Crippen LogP contribution >= 0.6 is 11.3 Å². The molecule has 3 aromatic rings. The maximum Gasteiger partial charge on any atom is 0.435 e. The van der Waals surface area contributed by atoms with Crippen molar-refractivity contribution in [2.24, 2.45) is 0 Å². The molecule has 0 saturated carbocycles. The Bertz CT molecular complexity index is 1110. The number of hydrogen-bond acceptors (Lipinski definition) is 4. The lowest BCUT2D eigenvalue weighted by molar-refractivity contribution is -0.141. The molecule has 150 valence electrons. The van der Waals surface area contributed by atoms with Gasteiger partial charge in [0, 0.05) is 47.8 Å². The summed E-state index contributed by atoms with van der Waals surface area (Å²) < 4.78 is 57.0. The summed E-state index contributed by atoms with van der Waals surface area (Å²) in [6, 6.07) is 8.16. The summed E-state index contributed by atoms with van der Waals surface area (Å²) >= 11 is 1.34. The summed E-state index contributed by atoms with van der Waals surface area (Å²) in [6.45, 7) is 2.92. The lowest BCUT2D eigenvalue weighted by Crippen LogP contribution is -2.28. The molecule has 0 amide bonds. The number of fused-ring (bicyclic) bond motifs is 1. The number of aryl methyl sites for hydroxylation is 1. The first kappa shape index (κ1) is 19.6. The third-order valence-corrected chi connectivity index (χ3v) is 6.06. The smallest absolute Gasteiger partial charge is 0.311 e. The van der Waals surface area contributed by atoms with E-state index in [0.29, 0.717) is 23.5 Å². The van der Waals surface area contributed by atoms with Crippen molar-refractivity contribution in [1.29, 1.82) is 5.26 Å². The maximum atomic E-state index is 14.9. The zero-order valence-corrected chi connectivity index (χ0v) is 16.2. The number of nitriles is 1. The number of rotatable bonds is 3. The van der Waals surface area contributed by atoms with Crippen LogP contribution in [0.4, 0.5) is 17.6 Å². The summed E-state index contributed by atoms with van der Waals surface area (Å²) in [5.74, 6) is -1.10. The Morgan fingerprint density at radius 3 is 2.83 bits per heavy atom. The number of nitrogens with one attached hydrogen (secondary N) is 1. The third-order valence-electron chi connectivity index (χ3n) is 5.01. The first-order valence-corrected chi connectivity index (χ1v) is 9.82. The van der Waals surface area contributed by atoms with Gasteiger partial charge in [-0.2, -0.15) is 23.5 Å². The molecule has 0 spiro atoms. The SMILES string of the molecule is CCn1cc(-c2c(F)cccc2[C@@H]2CNCc3sc(C#N)cc32)c(C(F)(F)F)n1. The predicted molar refractivity (Wildman–Crippen MR) is 101 cm³/mol. The minimum atomic E-state index is -4.71. The molecule has 0 aliphatic carbocycles. The summed E-state index contributed by atoms with van der Waals surface area (Å²) in [4.78, 5) is 1.46. The van der Waals surface area contributed by atoms with Crippen molar-refractivity contribution >= 4 is 11.3 Å². The van der Waals surface area contributed by atoms with Gasteiger partial charge in [0.15, 0.2) is 5.69 Å². The molecule has 1 aromatic carbocycles. The highest BCUT2D eigenvalue weighted by Gasteiger charge is 2.39. The molecule has 0 bridgehead atoms. The highest BCUT2D eigenvalue weighted by atomic mass is 32.1. The van der Waals surface area contributed by atoms with Gasteiger partial charge in [-0.1, -0.05) is 12.1 Å². The van der Waals surface area contributed by atoms with Crippen LogP contribution < -0.4 is 5.32 Å². The van der Waals surface area contributed by atoms with Crippen LogP contribution in [0.1, 0.15) is 39.4 Å². The molecule has 3 heterocycles. The standard InChI is InChI=1S/C20H16F4N4S/c1-2-28-10-15(19(27-28)20(22,23)24)18-12(4-3-5-16(18)21)14-8-26-9-17-13(14)6-11(7-25)29-17/h3-6,10,14,26H,2,8-9H2,1H3/t14-/m0/s1. The normalized spacial score (nSPS) is 16.5. The zero-order valence-electron chi connectivity index (χ0n) is 15.3. The first-order valence-electron chi connectivity index (χ1n) is 9.00. The summed E-state index contributed by atoms with van der Waals surface area (Å²) in [5, 5.41) is 16.1. The molecule has 2 aromatic heterocycles. The van der Waals surface area contributed by atoms with Gasteiger partial charge in [-0.05, 0) is 30.2 Å². The van der Waals surface area contributed by atoms with E-state index in [-0.39, 0.29) is 23.6 Å². The van der Waals surface area contributed by atoms with Gasteiger partial charge in [-0.25, -0.2) is 4.39 Å². The van der Waals surface area contributed by atoms with E-state index in [1.807, 2.05) is 0 Å². The largest absolute Gasteiger partial charge is 0.435 e.